The molecule has 1 atom stereocenters. The van der Waals surface area contributed by atoms with Gasteiger partial charge in [0.05, 0.1) is 17.8 Å². The van der Waals surface area contributed by atoms with E-state index in [1.54, 1.807) is 11.3 Å². The SMILES string of the molecule is Cc1ncsc1CCOc1ccccc1C(C)N. The van der Waals surface area contributed by atoms with Gasteiger partial charge < -0.3 is 10.5 Å². The summed E-state index contributed by atoms with van der Waals surface area (Å²) in [5.41, 5.74) is 9.95. The summed E-state index contributed by atoms with van der Waals surface area (Å²) in [7, 11) is 0. The number of hydrogen-bond donors (Lipinski definition) is 1. The number of ether oxygens (including phenoxy) is 1. The van der Waals surface area contributed by atoms with Gasteiger partial charge in [-0.15, -0.1) is 11.3 Å². The largest absolute Gasteiger partial charge is 0.493 e. The van der Waals surface area contributed by atoms with Crippen molar-refractivity contribution >= 4 is 11.3 Å². The average molecular weight is 262 g/mol. The van der Waals surface area contributed by atoms with Gasteiger partial charge in [0.15, 0.2) is 0 Å². The molecule has 4 heteroatoms. The predicted octanol–water partition coefficient (Wildman–Crippen LogP) is 3.09. The molecule has 0 saturated carbocycles. The minimum atomic E-state index is -0.00802. The van der Waals surface area contributed by atoms with Crippen LogP contribution in [0, 0.1) is 6.92 Å². The quantitative estimate of drug-likeness (QED) is 0.900. The number of para-hydroxylation sites is 1. The van der Waals surface area contributed by atoms with Crippen LogP contribution in [0.5, 0.6) is 5.75 Å². The zero-order valence-electron chi connectivity index (χ0n) is 10.7. The maximum Gasteiger partial charge on any atom is 0.124 e. The van der Waals surface area contributed by atoms with Gasteiger partial charge >= 0.3 is 0 Å². The number of nitrogens with two attached hydrogens (primary N) is 1. The van der Waals surface area contributed by atoms with E-state index >= 15 is 0 Å². The first kappa shape index (κ1) is 13.1. The Hall–Kier alpha value is -1.39. The zero-order chi connectivity index (χ0) is 13.0. The number of rotatable bonds is 5. The average Bonchev–Trinajstić information content (AvgIpc) is 2.76. The Labute approximate surface area is 112 Å². The summed E-state index contributed by atoms with van der Waals surface area (Å²) >= 11 is 1.68. The van der Waals surface area contributed by atoms with Crippen molar-refractivity contribution < 1.29 is 4.74 Å². The predicted molar refractivity (Wildman–Crippen MR) is 75.1 cm³/mol. The fraction of sp³-hybridized carbons (Fsp3) is 0.357. The van der Waals surface area contributed by atoms with Crippen molar-refractivity contribution in [2.45, 2.75) is 26.3 Å². The Balaban J connectivity index is 1.96. The van der Waals surface area contributed by atoms with Crippen LogP contribution in [0.4, 0.5) is 0 Å². The van der Waals surface area contributed by atoms with Gasteiger partial charge in [-0.05, 0) is 19.9 Å². The maximum atomic E-state index is 5.92. The molecule has 1 heterocycles. The molecule has 2 aromatic rings. The molecular weight excluding hydrogens is 244 g/mol. The summed E-state index contributed by atoms with van der Waals surface area (Å²) in [6, 6.07) is 7.93. The van der Waals surface area contributed by atoms with Gasteiger partial charge in [0.25, 0.3) is 0 Å². The molecule has 0 bridgehead atoms. The summed E-state index contributed by atoms with van der Waals surface area (Å²) < 4.78 is 5.83. The lowest BCUT2D eigenvalue weighted by Gasteiger charge is -2.13. The molecule has 18 heavy (non-hydrogen) atoms. The van der Waals surface area contributed by atoms with Crippen molar-refractivity contribution in [2.75, 3.05) is 6.61 Å². The Kier molecular flexibility index (Phi) is 4.33. The summed E-state index contributed by atoms with van der Waals surface area (Å²) in [6.07, 6.45) is 0.893. The second kappa shape index (κ2) is 5.98. The number of thiazole rings is 1. The van der Waals surface area contributed by atoms with Crippen LogP contribution in [0.25, 0.3) is 0 Å². The van der Waals surface area contributed by atoms with Gasteiger partial charge in [-0.2, -0.15) is 0 Å². The zero-order valence-corrected chi connectivity index (χ0v) is 11.5. The molecule has 2 rings (SSSR count). The van der Waals surface area contributed by atoms with Crippen LogP contribution < -0.4 is 10.5 Å². The van der Waals surface area contributed by atoms with Crippen molar-refractivity contribution in [3.8, 4) is 5.75 Å². The van der Waals surface area contributed by atoms with Crippen LogP contribution in [0.3, 0.4) is 0 Å². The number of nitrogens with zero attached hydrogens (tertiary/aromatic N) is 1. The summed E-state index contributed by atoms with van der Waals surface area (Å²) in [4.78, 5) is 5.52. The summed E-state index contributed by atoms with van der Waals surface area (Å²) in [6.45, 7) is 4.66. The second-order valence-corrected chi connectivity index (χ2v) is 5.23. The van der Waals surface area contributed by atoms with Gasteiger partial charge in [0.2, 0.25) is 0 Å². The molecular formula is C14H18N2OS. The van der Waals surface area contributed by atoms with Crippen molar-refractivity contribution in [1.82, 2.24) is 4.98 Å². The third-order valence-electron chi connectivity index (χ3n) is 2.84. The standard InChI is InChI=1S/C14H18N2OS/c1-10(15)12-5-3-4-6-13(12)17-8-7-14-11(2)16-9-18-14/h3-6,9-10H,7-8,15H2,1-2H3. The molecule has 0 aliphatic rings. The molecule has 0 spiro atoms. The number of hydrogen-bond acceptors (Lipinski definition) is 4. The summed E-state index contributed by atoms with van der Waals surface area (Å²) in [5, 5.41) is 0. The highest BCUT2D eigenvalue weighted by Crippen LogP contribution is 2.23. The number of aryl methyl sites for hydroxylation is 1. The van der Waals surface area contributed by atoms with Gasteiger partial charge in [-0.25, -0.2) is 4.98 Å². The van der Waals surface area contributed by atoms with Crippen LogP contribution in [0.15, 0.2) is 29.8 Å². The normalized spacial score (nSPS) is 12.4. The van der Waals surface area contributed by atoms with Crippen molar-refractivity contribution in [1.29, 1.82) is 0 Å². The van der Waals surface area contributed by atoms with Crippen molar-refractivity contribution in [3.05, 3.63) is 45.9 Å². The van der Waals surface area contributed by atoms with E-state index < -0.39 is 0 Å². The third-order valence-corrected chi connectivity index (χ3v) is 3.84. The first-order valence-corrected chi connectivity index (χ1v) is 6.92. The lowest BCUT2D eigenvalue weighted by molar-refractivity contribution is 0.318. The minimum absolute atomic E-state index is 0.00802. The molecule has 1 aromatic carbocycles. The first-order valence-electron chi connectivity index (χ1n) is 6.04. The van der Waals surface area contributed by atoms with Crippen LogP contribution >= 0.6 is 11.3 Å². The van der Waals surface area contributed by atoms with Crippen molar-refractivity contribution in [3.63, 3.8) is 0 Å². The Morgan fingerprint density at radius 1 is 1.39 bits per heavy atom. The van der Waals surface area contributed by atoms with E-state index in [4.69, 9.17) is 10.5 Å². The highest BCUT2D eigenvalue weighted by molar-refractivity contribution is 7.09. The van der Waals surface area contributed by atoms with Crippen LogP contribution in [-0.2, 0) is 6.42 Å². The van der Waals surface area contributed by atoms with E-state index in [9.17, 15) is 0 Å². The molecule has 0 radical (unpaired) electrons. The first-order chi connectivity index (χ1) is 8.68. The van der Waals surface area contributed by atoms with E-state index in [-0.39, 0.29) is 6.04 Å². The maximum absolute atomic E-state index is 5.92. The van der Waals surface area contributed by atoms with Gasteiger partial charge in [0.1, 0.15) is 5.75 Å². The molecule has 0 fully saturated rings. The lowest BCUT2D eigenvalue weighted by atomic mass is 10.1. The molecule has 96 valence electrons. The highest BCUT2D eigenvalue weighted by Gasteiger charge is 2.07. The Morgan fingerprint density at radius 3 is 2.83 bits per heavy atom. The van der Waals surface area contributed by atoms with Gasteiger partial charge in [0, 0.05) is 22.9 Å². The smallest absolute Gasteiger partial charge is 0.124 e. The van der Waals surface area contributed by atoms with E-state index in [1.165, 1.54) is 4.88 Å². The molecule has 2 N–H and O–H groups in total. The van der Waals surface area contributed by atoms with Gasteiger partial charge in [-0.3, -0.25) is 0 Å². The van der Waals surface area contributed by atoms with E-state index in [2.05, 4.69) is 4.98 Å². The monoisotopic (exact) mass is 262 g/mol. The fourth-order valence-electron chi connectivity index (χ4n) is 1.81. The minimum Gasteiger partial charge on any atom is -0.493 e. The molecule has 0 saturated heterocycles. The van der Waals surface area contributed by atoms with E-state index in [1.807, 2.05) is 43.6 Å². The van der Waals surface area contributed by atoms with E-state index in [0.717, 1.165) is 23.4 Å². The molecule has 1 aromatic heterocycles. The molecule has 1 unspecified atom stereocenters. The Morgan fingerprint density at radius 2 is 2.17 bits per heavy atom. The van der Waals surface area contributed by atoms with Gasteiger partial charge in [-0.1, -0.05) is 18.2 Å². The van der Waals surface area contributed by atoms with Crippen LogP contribution in [0.2, 0.25) is 0 Å². The highest BCUT2D eigenvalue weighted by atomic mass is 32.1. The second-order valence-electron chi connectivity index (χ2n) is 4.29. The Bertz CT molecular complexity index is 508. The van der Waals surface area contributed by atoms with Crippen molar-refractivity contribution in [2.24, 2.45) is 5.73 Å². The topological polar surface area (TPSA) is 48.1 Å². The van der Waals surface area contributed by atoms with Crippen LogP contribution in [0.1, 0.15) is 29.1 Å². The number of benzene rings is 1. The van der Waals surface area contributed by atoms with Crippen LogP contribution in [-0.4, -0.2) is 11.6 Å². The lowest BCUT2D eigenvalue weighted by Crippen LogP contribution is -2.09. The third kappa shape index (κ3) is 3.09. The molecule has 0 aliphatic heterocycles. The molecule has 0 amide bonds. The molecule has 0 aliphatic carbocycles. The summed E-state index contributed by atoms with van der Waals surface area (Å²) in [5.74, 6) is 0.884. The molecule has 3 nitrogen and oxygen atoms in total. The number of aromatic nitrogens is 1. The van der Waals surface area contributed by atoms with E-state index in [0.29, 0.717) is 6.61 Å². The fourth-order valence-corrected chi connectivity index (χ4v) is 2.57.